The molecular weight excluding hydrogens is 232 g/mol. The van der Waals surface area contributed by atoms with E-state index in [9.17, 15) is 9.90 Å². The first kappa shape index (κ1) is 14.3. The van der Waals surface area contributed by atoms with Crippen molar-refractivity contribution in [3.8, 4) is 11.5 Å². The van der Waals surface area contributed by atoms with Crippen LogP contribution in [0.3, 0.4) is 0 Å². The van der Waals surface area contributed by atoms with Crippen LogP contribution in [0.1, 0.15) is 30.6 Å². The highest BCUT2D eigenvalue weighted by molar-refractivity contribution is 5.96. The van der Waals surface area contributed by atoms with Crippen LogP contribution in [0.4, 0.5) is 0 Å². The molecule has 0 saturated heterocycles. The average molecular weight is 252 g/mol. The molecule has 0 saturated carbocycles. The van der Waals surface area contributed by atoms with Crippen molar-refractivity contribution in [3.63, 3.8) is 0 Å². The molecule has 1 atom stereocenters. The zero-order valence-corrected chi connectivity index (χ0v) is 10.7. The lowest BCUT2D eigenvalue weighted by Gasteiger charge is -2.15. The number of benzene rings is 1. The Morgan fingerprint density at radius 1 is 1.39 bits per heavy atom. The van der Waals surface area contributed by atoms with Crippen molar-refractivity contribution >= 4 is 5.91 Å². The van der Waals surface area contributed by atoms with E-state index in [1.54, 1.807) is 0 Å². The summed E-state index contributed by atoms with van der Waals surface area (Å²) >= 11 is 0. The second-order valence-corrected chi connectivity index (χ2v) is 4.80. The quantitative estimate of drug-likeness (QED) is 0.633. The minimum Gasteiger partial charge on any atom is -0.508 e. The highest BCUT2D eigenvalue weighted by Crippen LogP contribution is 2.22. The summed E-state index contributed by atoms with van der Waals surface area (Å²) in [4.78, 5) is 11.8. The number of hydrogen-bond donors (Lipinski definition) is 4. The summed E-state index contributed by atoms with van der Waals surface area (Å²) in [5.41, 5.74) is 5.98. The van der Waals surface area contributed by atoms with Crippen LogP contribution in [0.15, 0.2) is 18.2 Å². The predicted octanol–water partition coefficient (Wildman–Crippen LogP) is 1.20. The maximum absolute atomic E-state index is 11.8. The minimum atomic E-state index is -0.397. The Hall–Kier alpha value is -1.75. The zero-order chi connectivity index (χ0) is 13.7. The monoisotopic (exact) mass is 252 g/mol. The fraction of sp³-hybridized carbons (Fsp3) is 0.462. The van der Waals surface area contributed by atoms with Gasteiger partial charge in [-0.25, -0.2) is 0 Å². The van der Waals surface area contributed by atoms with Gasteiger partial charge < -0.3 is 21.3 Å². The van der Waals surface area contributed by atoms with Crippen LogP contribution in [0.25, 0.3) is 0 Å². The number of hydrogen-bond acceptors (Lipinski definition) is 4. The molecule has 1 aromatic rings. The molecule has 0 aliphatic heterocycles. The van der Waals surface area contributed by atoms with Crippen LogP contribution in [-0.4, -0.2) is 28.7 Å². The standard InChI is InChI=1S/C13H20N2O3/c1-8(2)5-9(14)7-15-13(18)11-4-3-10(16)6-12(11)17/h3-4,6,8-9,16-17H,5,7,14H2,1-2H3,(H,15,18). The van der Waals surface area contributed by atoms with Crippen LogP contribution >= 0.6 is 0 Å². The number of rotatable bonds is 5. The van der Waals surface area contributed by atoms with Crippen molar-refractivity contribution < 1.29 is 15.0 Å². The van der Waals surface area contributed by atoms with Crippen LogP contribution in [-0.2, 0) is 0 Å². The lowest BCUT2D eigenvalue weighted by molar-refractivity contribution is 0.0947. The SMILES string of the molecule is CC(C)CC(N)CNC(=O)c1ccc(O)cc1O. The molecule has 1 amide bonds. The fourth-order valence-electron chi connectivity index (χ4n) is 1.72. The van der Waals surface area contributed by atoms with Crippen LogP contribution < -0.4 is 11.1 Å². The summed E-state index contributed by atoms with van der Waals surface area (Å²) in [6.07, 6.45) is 0.821. The number of nitrogens with two attached hydrogens (primary N) is 1. The Morgan fingerprint density at radius 2 is 2.06 bits per heavy atom. The molecular formula is C13H20N2O3. The van der Waals surface area contributed by atoms with Crippen molar-refractivity contribution in [2.45, 2.75) is 26.3 Å². The number of carbonyl (C=O) groups excluding carboxylic acids is 1. The maximum Gasteiger partial charge on any atom is 0.255 e. The van der Waals surface area contributed by atoms with Crippen molar-refractivity contribution in [2.75, 3.05) is 6.54 Å². The van der Waals surface area contributed by atoms with Gasteiger partial charge >= 0.3 is 0 Å². The largest absolute Gasteiger partial charge is 0.508 e. The summed E-state index contributed by atoms with van der Waals surface area (Å²) in [5.74, 6) is -0.254. The second-order valence-electron chi connectivity index (χ2n) is 4.80. The second kappa shape index (κ2) is 6.26. The highest BCUT2D eigenvalue weighted by Gasteiger charge is 2.13. The van der Waals surface area contributed by atoms with Gasteiger partial charge in [0.1, 0.15) is 11.5 Å². The molecule has 0 bridgehead atoms. The molecule has 0 heterocycles. The number of amides is 1. The number of aromatic hydroxyl groups is 2. The lowest BCUT2D eigenvalue weighted by Crippen LogP contribution is -2.38. The molecule has 1 aromatic carbocycles. The molecule has 18 heavy (non-hydrogen) atoms. The third-order valence-corrected chi connectivity index (χ3v) is 2.52. The van der Waals surface area contributed by atoms with Crippen molar-refractivity contribution in [1.29, 1.82) is 0 Å². The molecule has 0 spiro atoms. The molecule has 5 N–H and O–H groups in total. The summed E-state index contributed by atoms with van der Waals surface area (Å²) < 4.78 is 0. The minimum absolute atomic E-state index is 0.0828. The van der Waals surface area contributed by atoms with Gasteiger partial charge in [-0.15, -0.1) is 0 Å². The summed E-state index contributed by atoms with van der Waals surface area (Å²) in [7, 11) is 0. The van der Waals surface area contributed by atoms with Crippen molar-refractivity contribution in [3.05, 3.63) is 23.8 Å². The van der Waals surface area contributed by atoms with E-state index in [1.807, 2.05) is 0 Å². The van der Waals surface area contributed by atoms with E-state index in [-0.39, 0.29) is 23.1 Å². The van der Waals surface area contributed by atoms with Gasteiger partial charge in [0, 0.05) is 18.7 Å². The van der Waals surface area contributed by atoms with E-state index in [2.05, 4.69) is 19.2 Å². The van der Waals surface area contributed by atoms with E-state index in [0.717, 1.165) is 12.5 Å². The van der Waals surface area contributed by atoms with Gasteiger partial charge in [0.2, 0.25) is 0 Å². The van der Waals surface area contributed by atoms with Gasteiger partial charge in [0.25, 0.3) is 5.91 Å². The Labute approximate surface area is 107 Å². The first-order valence-corrected chi connectivity index (χ1v) is 5.96. The molecule has 0 aliphatic rings. The Morgan fingerprint density at radius 3 is 2.61 bits per heavy atom. The molecule has 1 rings (SSSR count). The molecule has 0 aromatic heterocycles. The van der Waals surface area contributed by atoms with E-state index < -0.39 is 5.91 Å². The van der Waals surface area contributed by atoms with Gasteiger partial charge in [-0.2, -0.15) is 0 Å². The topological polar surface area (TPSA) is 95.6 Å². The summed E-state index contributed by atoms with van der Waals surface area (Å²) in [5, 5.41) is 21.3. The molecule has 5 heteroatoms. The molecule has 5 nitrogen and oxygen atoms in total. The number of phenols is 2. The summed E-state index contributed by atoms with van der Waals surface area (Å²) in [6.45, 7) is 4.48. The van der Waals surface area contributed by atoms with Gasteiger partial charge in [0.05, 0.1) is 5.56 Å². The Bertz CT molecular complexity index is 419. The molecule has 0 radical (unpaired) electrons. The van der Waals surface area contributed by atoms with Gasteiger partial charge in [-0.3, -0.25) is 4.79 Å². The average Bonchev–Trinajstić information content (AvgIpc) is 2.25. The Kier molecular flexibility index (Phi) is 4.97. The Balaban J connectivity index is 2.55. The fourth-order valence-corrected chi connectivity index (χ4v) is 1.72. The van der Waals surface area contributed by atoms with Crippen LogP contribution in [0, 0.1) is 5.92 Å². The van der Waals surface area contributed by atoms with Crippen LogP contribution in [0.2, 0.25) is 0 Å². The van der Waals surface area contributed by atoms with Gasteiger partial charge in [-0.05, 0) is 24.5 Å². The first-order valence-electron chi connectivity index (χ1n) is 5.96. The summed E-state index contributed by atoms with van der Waals surface area (Å²) in [6, 6.07) is 3.74. The van der Waals surface area contributed by atoms with E-state index >= 15 is 0 Å². The maximum atomic E-state index is 11.8. The van der Waals surface area contributed by atoms with E-state index in [1.165, 1.54) is 12.1 Å². The zero-order valence-electron chi connectivity index (χ0n) is 10.7. The normalized spacial score (nSPS) is 12.4. The molecule has 0 fully saturated rings. The smallest absolute Gasteiger partial charge is 0.255 e. The first-order chi connectivity index (χ1) is 8.40. The third kappa shape index (κ3) is 4.25. The van der Waals surface area contributed by atoms with E-state index in [0.29, 0.717) is 12.5 Å². The van der Waals surface area contributed by atoms with Crippen molar-refractivity contribution in [1.82, 2.24) is 5.32 Å². The van der Waals surface area contributed by atoms with Crippen LogP contribution in [0.5, 0.6) is 11.5 Å². The van der Waals surface area contributed by atoms with Crippen molar-refractivity contribution in [2.24, 2.45) is 11.7 Å². The lowest BCUT2D eigenvalue weighted by atomic mass is 10.0. The highest BCUT2D eigenvalue weighted by atomic mass is 16.3. The molecule has 0 aliphatic carbocycles. The number of nitrogens with one attached hydrogen (secondary N) is 1. The molecule has 1 unspecified atom stereocenters. The van der Waals surface area contributed by atoms with E-state index in [4.69, 9.17) is 10.8 Å². The van der Waals surface area contributed by atoms with Gasteiger partial charge in [-0.1, -0.05) is 13.8 Å². The number of phenolic OH excluding ortho intramolecular Hbond substituents is 2. The van der Waals surface area contributed by atoms with Gasteiger partial charge in [0.15, 0.2) is 0 Å². The third-order valence-electron chi connectivity index (χ3n) is 2.52. The predicted molar refractivity (Wildman–Crippen MR) is 69.5 cm³/mol. The number of carbonyl (C=O) groups is 1. The molecule has 100 valence electrons.